The van der Waals surface area contributed by atoms with Crippen LogP contribution >= 0.6 is 11.3 Å². The molecule has 1 fully saturated rings. The van der Waals surface area contributed by atoms with Crippen LogP contribution in [-0.2, 0) is 26.4 Å². The number of aromatic nitrogens is 5. The van der Waals surface area contributed by atoms with Crippen LogP contribution in [0.2, 0.25) is 0 Å². The number of ether oxygens (including phenoxy) is 3. The van der Waals surface area contributed by atoms with Crippen molar-refractivity contribution in [2.45, 2.75) is 77.7 Å². The second-order valence-electron chi connectivity index (χ2n) is 11.1. The van der Waals surface area contributed by atoms with Gasteiger partial charge in [0.15, 0.2) is 5.78 Å². The summed E-state index contributed by atoms with van der Waals surface area (Å²) >= 11 is 1.19. The minimum Gasteiger partial charge on any atom is -0.496 e. The van der Waals surface area contributed by atoms with Gasteiger partial charge in [-0.25, -0.2) is 13.8 Å². The van der Waals surface area contributed by atoms with Gasteiger partial charge in [0.1, 0.15) is 33.0 Å². The Morgan fingerprint density at radius 1 is 1.21 bits per heavy atom. The van der Waals surface area contributed by atoms with Crippen molar-refractivity contribution in [2.24, 2.45) is 0 Å². The Hall–Kier alpha value is -3.68. The van der Waals surface area contributed by atoms with E-state index in [0.29, 0.717) is 59.2 Å². The Morgan fingerprint density at radius 2 is 1.91 bits per heavy atom. The van der Waals surface area contributed by atoms with Crippen LogP contribution in [0.3, 0.4) is 0 Å². The SMILES string of the molecule is CCCC(=O)C(C)(C)n1c(=O)c2c(C)c(-n3nccn3)sc2n(C[C@H](OC2CCOCC2)c2cc(F)ccc2OC)c1=O. The van der Waals surface area contributed by atoms with E-state index in [0.717, 1.165) is 4.57 Å². The Morgan fingerprint density at radius 3 is 2.56 bits per heavy atom. The number of rotatable bonds is 11. The quantitative estimate of drug-likeness (QED) is 0.246. The van der Waals surface area contributed by atoms with E-state index in [2.05, 4.69) is 10.2 Å². The van der Waals surface area contributed by atoms with Gasteiger partial charge in [0.05, 0.1) is 37.5 Å². The standard InChI is InChI=1S/C30H36FN5O6S/c1-6-7-24(37)30(3,4)35-26(38)25-18(2)27(36-32-12-13-33-36)43-28(25)34(29(35)39)17-23(42-20-10-14-41-15-11-20)21-16-19(31)8-9-22(21)40-5/h8-9,12-13,16,20,23H,6-7,10-11,14-15,17H2,1-5H3/t23-/m0/s1. The monoisotopic (exact) mass is 613 g/mol. The van der Waals surface area contributed by atoms with Crippen LogP contribution in [0.15, 0.2) is 40.2 Å². The summed E-state index contributed by atoms with van der Waals surface area (Å²) in [4.78, 5) is 43.6. The number of carbonyl (C=O) groups is 1. The fourth-order valence-corrected chi connectivity index (χ4v) is 6.76. The zero-order valence-corrected chi connectivity index (χ0v) is 25.8. The second kappa shape index (κ2) is 12.5. The van der Waals surface area contributed by atoms with E-state index in [1.54, 1.807) is 20.8 Å². The number of Topliss-reactive ketones (excluding diaryl/α,β-unsaturated/α-hetero) is 1. The number of nitrogens with zero attached hydrogens (tertiary/aromatic N) is 5. The molecule has 1 saturated heterocycles. The molecular formula is C30H36FN5O6S. The van der Waals surface area contributed by atoms with E-state index in [4.69, 9.17) is 14.2 Å². The number of halogens is 1. The maximum absolute atomic E-state index is 14.6. The molecule has 0 spiro atoms. The van der Waals surface area contributed by atoms with Crippen molar-refractivity contribution in [3.8, 4) is 10.8 Å². The highest BCUT2D eigenvalue weighted by molar-refractivity contribution is 7.21. The minimum atomic E-state index is -1.42. The van der Waals surface area contributed by atoms with Gasteiger partial charge in [-0.3, -0.25) is 14.2 Å². The zero-order chi connectivity index (χ0) is 30.9. The van der Waals surface area contributed by atoms with Crippen LogP contribution in [0, 0.1) is 12.7 Å². The van der Waals surface area contributed by atoms with E-state index in [1.807, 2.05) is 6.92 Å². The highest BCUT2D eigenvalue weighted by Gasteiger charge is 2.36. The summed E-state index contributed by atoms with van der Waals surface area (Å²) in [5, 5.41) is 9.32. The smallest absolute Gasteiger partial charge is 0.333 e. The van der Waals surface area contributed by atoms with Gasteiger partial charge in [0, 0.05) is 30.8 Å². The zero-order valence-electron chi connectivity index (χ0n) is 25.0. The summed E-state index contributed by atoms with van der Waals surface area (Å²) < 4.78 is 34.8. The molecule has 1 atom stereocenters. The number of hydrogen-bond donors (Lipinski definition) is 0. The van der Waals surface area contributed by atoms with Crippen LogP contribution in [0.4, 0.5) is 4.39 Å². The maximum atomic E-state index is 14.6. The van der Waals surface area contributed by atoms with Crippen LogP contribution < -0.4 is 16.0 Å². The number of aryl methyl sites for hydroxylation is 1. The normalized spacial score (nSPS) is 15.2. The van der Waals surface area contributed by atoms with Crippen molar-refractivity contribution in [2.75, 3.05) is 20.3 Å². The molecule has 1 aliphatic heterocycles. The van der Waals surface area contributed by atoms with Gasteiger partial charge in [0.2, 0.25) is 0 Å². The van der Waals surface area contributed by atoms with E-state index in [1.165, 1.54) is 58.4 Å². The summed E-state index contributed by atoms with van der Waals surface area (Å²) in [6.07, 6.45) is 4.04. The van der Waals surface area contributed by atoms with Crippen molar-refractivity contribution in [3.05, 3.63) is 68.4 Å². The average molecular weight is 614 g/mol. The molecule has 43 heavy (non-hydrogen) atoms. The lowest BCUT2D eigenvalue weighted by molar-refractivity contribution is -0.126. The van der Waals surface area contributed by atoms with E-state index in [9.17, 15) is 18.8 Å². The van der Waals surface area contributed by atoms with Crippen LogP contribution in [0.25, 0.3) is 15.2 Å². The number of fused-ring (bicyclic) bond motifs is 1. The Kier molecular flexibility index (Phi) is 8.95. The molecule has 0 radical (unpaired) electrons. The molecule has 0 aliphatic carbocycles. The molecule has 0 amide bonds. The molecule has 0 saturated carbocycles. The molecule has 1 aliphatic rings. The van der Waals surface area contributed by atoms with Gasteiger partial charge >= 0.3 is 5.69 Å². The molecule has 5 rings (SSSR count). The first kappa shape index (κ1) is 30.8. The predicted octanol–water partition coefficient (Wildman–Crippen LogP) is 4.30. The highest BCUT2D eigenvalue weighted by Crippen LogP contribution is 2.35. The third-order valence-corrected chi connectivity index (χ3v) is 9.20. The predicted molar refractivity (Wildman–Crippen MR) is 160 cm³/mol. The summed E-state index contributed by atoms with van der Waals surface area (Å²) in [5.74, 6) is -0.314. The fourth-order valence-electron chi connectivity index (χ4n) is 5.54. The number of thiophene rings is 1. The van der Waals surface area contributed by atoms with E-state index < -0.39 is 28.7 Å². The molecule has 4 aromatic rings. The van der Waals surface area contributed by atoms with Crippen molar-refractivity contribution in [3.63, 3.8) is 0 Å². The van der Waals surface area contributed by atoms with Crippen LogP contribution in [0.1, 0.15) is 63.7 Å². The van der Waals surface area contributed by atoms with E-state index >= 15 is 0 Å². The van der Waals surface area contributed by atoms with E-state index in [-0.39, 0.29) is 30.2 Å². The fraction of sp³-hybridized carbons (Fsp3) is 0.500. The molecular weight excluding hydrogens is 577 g/mol. The van der Waals surface area contributed by atoms with Crippen molar-refractivity contribution < 1.29 is 23.4 Å². The van der Waals surface area contributed by atoms with Gasteiger partial charge in [-0.05, 0) is 58.2 Å². The number of benzene rings is 1. The Bertz CT molecular complexity index is 1740. The van der Waals surface area contributed by atoms with Gasteiger partial charge in [-0.15, -0.1) is 4.80 Å². The first-order valence-corrected chi connectivity index (χ1v) is 15.2. The number of carbonyl (C=O) groups excluding carboxylic acids is 1. The number of ketones is 1. The Balaban J connectivity index is 1.77. The minimum absolute atomic E-state index is 0.0727. The average Bonchev–Trinajstić information content (AvgIpc) is 3.63. The molecule has 0 unspecified atom stereocenters. The van der Waals surface area contributed by atoms with Crippen LogP contribution in [0.5, 0.6) is 5.75 Å². The van der Waals surface area contributed by atoms with Crippen molar-refractivity contribution >= 4 is 27.3 Å². The molecule has 3 aromatic heterocycles. The highest BCUT2D eigenvalue weighted by atomic mass is 32.1. The number of methoxy groups -OCH3 is 1. The molecule has 230 valence electrons. The van der Waals surface area contributed by atoms with Gasteiger partial charge in [0.25, 0.3) is 5.56 Å². The third-order valence-electron chi connectivity index (χ3n) is 7.92. The van der Waals surface area contributed by atoms with Gasteiger partial charge in [-0.2, -0.15) is 10.2 Å². The largest absolute Gasteiger partial charge is 0.496 e. The summed E-state index contributed by atoms with van der Waals surface area (Å²) in [7, 11) is 1.49. The van der Waals surface area contributed by atoms with Gasteiger partial charge in [-0.1, -0.05) is 18.3 Å². The summed E-state index contributed by atoms with van der Waals surface area (Å²) in [6, 6.07) is 4.16. The Labute approximate surface area is 251 Å². The first-order chi connectivity index (χ1) is 20.6. The lowest BCUT2D eigenvalue weighted by Crippen LogP contribution is -2.52. The van der Waals surface area contributed by atoms with Gasteiger partial charge < -0.3 is 14.2 Å². The topological polar surface area (TPSA) is 119 Å². The maximum Gasteiger partial charge on any atom is 0.333 e. The second-order valence-corrected chi connectivity index (χ2v) is 12.1. The molecule has 1 aromatic carbocycles. The molecule has 4 heterocycles. The van der Waals surface area contributed by atoms with Crippen molar-refractivity contribution in [1.82, 2.24) is 24.1 Å². The van der Waals surface area contributed by atoms with Crippen molar-refractivity contribution in [1.29, 1.82) is 0 Å². The molecule has 0 N–H and O–H groups in total. The summed E-state index contributed by atoms with van der Waals surface area (Å²) in [5.41, 5.74) is -1.65. The lowest BCUT2D eigenvalue weighted by atomic mass is 9.95. The molecule has 11 nitrogen and oxygen atoms in total. The summed E-state index contributed by atoms with van der Waals surface area (Å²) in [6.45, 7) is 7.78. The third kappa shape index (κ3) is 5.80. The molecule has 0 bridgehead atoms. The number of hydrogen-bond acceptors (Lipinski definition) is 9. The molecule has 13 heteroatoms. The lowest BCUT2D eigenvalue weighted by Gasteiger charge is -2.30. The van der Waals surface area contributed by atoms with Crippen LogP contribution in [-0.4, -0.2) is 56.3 Å². The first-order valence-electron chi connectivity index (χ1n) is 14.3.